The summed E-state index contributed by atoms with van der Waals surface area (Å²) in [6.45, 7) is 2.80. The molecule has 0 aliphatic carbocycles. The molecule has 3 aromatic heterocycles. The molecule has 31 heavy (non-hydrogen) atoms. The highest BCUT2D eigenvalue weighted by Gasteiger charge is 2.17. The van der Waals surface area contributed by atoms with Crippen LogP contribution in [0.2, 0.25) is 0 Å². The number of ether oxygens (including phenoxy) is 2. The SMILES string of the molecule is COCCOc1cc(-c2nc(-c3nc(C)cs3)nn2Cc2cc(F)cc(F)c2)ccn1. The van der Waals surface area contributed by atoms with Crippen LogP contribution in [0.25, 0.3) is 22.2 Å². The molecule has 0 bridgehead atoms. The number of nitrogens with zero attached hydrogens (tertiary/aromatic N) is 5. The van der Waals surface area contributed by atoms with Gasteiger partial charge in [-0.2, -0.15) is 0 Å². The maximum Gasteiger partial charge on any atom is 0.213 e. The molecule has 0 spiro atoms. The summed E-state index contributed by atoms with van der Waals surface area (Å²) in [4.78, 5) is 13.3. The van der Waals surface area contributed by atoms with E-state index in [1.807, 2.05) is 12.3 Å². The number of rotatable bonds is 8. The van der Waals surface area contributed by atoms with Gasteiger partial charge in [0.05, 0.1) is 13.2 Å². The van der Waals surface area contributed by atoms with Gasteiger partial charge in [0, 0.05) is 42.1 Å². The number of pyridine rings is 1. The quantitative estimate of drug-likeness (QED) is 0.381. The number of methoxy groups -OCH3 is 1. The molecular weight excluding hydrogens is 424 g/mol. The lowest BCUT2D eigenvalue weighted by atomic mass is 10.2. The van der Waals surface area contributed by atoms with Crippen molar-refractivity contribution in [1.29, 1.82) is 0 Å². The molecule has 1 aromatic carbocycles. The molecule has 10 heteroatoms. The highest BCUT2D eigenvalue weighted by Crippen LogP contribution is 2.27. The standard InChI is InChI=1S/C21H19F2N5O2S/c1-13-12-31-21(25-13)19-26-20(15-3-4-24-18(9-15)30-6-5-29-2)28(27-19)11-14-7-16(22)10-17(23)8-14/h3-4,7-10,12H,5-6,11H2,1-2H3. The van der Waals surface area contributed by atoms with E-state index in [4.69, 9.17) is 9.47 Å². The van der Waals surface area contributed by atoms with Gasteiger partial charge in [0.25, 0.3) is 0 Å². The fourth-order valence-electron chi connectivity index (χ4n) is 2.95. The minimum Gasteiger partial charge on any atom is -0.475 e. The molecule has 0 N–H and O–H groups in total. The maximum absolute atomic E-state index is 13.7. The third-order valence-electron chi connectivity index (χ3n) is 4.27. The Bertz CT molecular complexity index is 1170. The zero-order chi connectivity index (χ0) is 21.8. The van der Waals surface area contributed by atoms with E-state index >= 15 is 0 Å². The first kappa shape index (κ1) is 21.0. The van der Waals surface area contributed by atoms with Crippen molar-refractivity contribution in [3.8, 4) is 28.1 Å². The van der Waals surface area contributed by atoms with Crippen LogP contribution in [0.5, 0.6) is 5.88 Å². The van der Waals surface area contributed by atoms with Gasteiger partial charge in [-0.3, -0.25) is 0 Å². The molecule has 4 aromatic rings. The van der Waals surface area contributed by atoms with Gasteiger partial charge in [-0.1, -0.05) is 0 Å². The van der Waals surface area contributed by atoms with E-state index in [9.17, 15) is 8.78 Å². The van der Waals surface area contributed by atoms with Gasteiger partial charge < -0.3 is 9.47 Å². The number of aryl methyl sites for hydroxylation is 1. The lowest BCUT2D eigenvalue weighted by Crippen LogP contribution is -2.07. The lowest BCUT2D eigenvalue weighted by molar-refractivity contribution is 0.144. The van der Waals surface area contributed by atoms with E-state index in [-0.39, 0.29) is 6.54 Å². The minimum absolute atomic E-state index is 0.129. The predicted molar refractivity (Wildman–Crippen MR) is 112 cm³/mol. The topological polar surface area (TPSA) is 75.0 Å². The predicted octanol–water partition coefficient (Wildman–Crippen LogP) is 4.12. The Hall–Kier alpha value is -3.24. The van der Waals surface area contributed by atoms with Crippen LogP contribution in [0.1, 0.15) is 11.3 Å². The van der Waals surface area contributed by atoms with Crippen LogP contribution in [-0.2, 0) is 11.3 Å². The summed E-state index contributed by atoms with van der Waals surface area (Å²) < 4.78 is 39.6. The van der Waals surface area contributed by atoms with Crippen molar-refractivity contribution < 1.29 is 18.3 Å². The van der Waals surface area contributed by atoms with Crippen LogP contribution in [0.4, 0.5) is 8.78 Å². The molecule has 0 aliphatic heterocycles. The first-order valence-electron chi connectivity index (χ1n) is 9.42. The molecule has 0 atom stereocenters. The maximum atomic E-state index is 13.7. The first-order valence-corrected chi connectivity index (χ1v) is 10.3. The zero-order valence-electron chi connectivity index (χ0n) is 16.9. The number of hydrogen-bond donors (Lipinski definition) is 0. The van der Waals surface area contributed by atoms with Crippen LogP contribution in [0.15, 0.2) is 41.9 Å². The summed E-state index contributed by atoms with van der Waals surface area (Å²) in [5.41, 5.74) is 1.99. The molecular formula is C21H19F2N5O2S. The van der Waals surface area contributed by atoms with E-state index in [0.717, 1.165) is 11.8 Å². The van der Waals surface area contributed by atoms with Crippen LogP contribution >= 0.6 is 11.3 Å². The summed E-state index contributed by atoms with van der Waals surface area (Å²) in [6, 6.07) is 6.88. The lowest BCUT2D eigenvalue weighted by Gasteiger charge is -2.08. The first-order chi connectivity index (χ1) is 15.0. The average Bonchev–Trinajstić information content (AvgIpc) is 3.34. The van der Waals surface area contributed by atoms with Crippen molar-refractivity contribution in [2.24, 2.45) is 0 Å². The summed E-state index contributed by atoms with van der Waals surface area (Å²) in [5.74, 6) is 0.0538. The van der Waals surface area contributed by atoms with Gasteiger partial charge in [0.2, 0.25) is 11.7 Å². The van der Waals surface area contributed by atoms with E-state index < -0.39 is 11.6 Å². The van der Waals surface area contributed by atoms with Crippen molar-refractivity contribution in [1.82, 2.24) is 24.7 Å². The number of aromatic nitrogens is 5. The minimum atomic E-state index is -0.648. The Morgan fingerprint density at radius 1 is 1.06 bits per heavy atom. The van der Waals surface area contributed by atoms with Crippen molar-refractivity contribution in [3.05, 3.63) is 64.8 Å². The Kier molecular flexibility index (Phi) is 6.28. The fourth-order valence-corrected chi connectivity index (χ4v) is 3.67. The third kappa shape index (κ3) is 5.09. The smallest absolute Gasteiger partial charge is 0.213 e. The highest BCUT2D eigenvalue weighted by atomic mass is 32.1. The van der Waals surface area contributed by atoms with Gasteiger partial charge in [-0.25, -0.2) is 28.4 Å². The molecule has 7 nitrogen and oxygen atoms in total. The highest BCUT2D eigenvalue weighted by molar-refractivity contribution is 7.13. The molecule has 0 saturated carbocycles. The summed E-state index contributed by atoms with van der Waals surface area (Å²) in [5, 5.41) is 7.13. The molecule has 0 amide bonds. The molecule has 0 radical (unpaired) electrons. The zero-order valence-corrected chi connectivity index (χ0v) is 17.7. The van der Waals surface area contributed by atoms with E-state index in [0.29, 0.717) is 46.9 Å². The molecule has 160 valence electrons. The van der Waals surface area contributed by atoms with Gasteiger partial charge in [-0.15, -0.1) is 16.4 Å². The second-order valence-corrected chi connectivity index (χ2v) is 7.57. The normalized spacial score (nSPS) is 11.1. The Morgan fingerprint density at radius 2 is 1.87 bits per heavy atom. The second-order valence-electron chi connectivity index (χ2n) is 6.71. The molecule has 0 saturated heterocycles. The van der Waals surface area contributed by atoms with Gasteiger partial charge in [0.1, 0.15) is 18.2 Å². The number of thiazole rings is 1. The molecule has 4 rings (SSSR count). The van der Waals surface area contributed by atoms with Crippen LogP contribution in [0, 0.1) is 18.6 Å². The van der Waals surface area contributed by atoms with E-state index in [2.05, 4.69) is 20.1 Å². The van der Waals surface area contributed by atoms with Crippen molar-refractivity contribution in [3.63, 3.8) is 0 Å². The van der Waals surface area contributed by atoms with Gasteiger partial charge in [0.15, 0.2) is 10.8 Å². The number of hydrogen-bond acceptors (Lipinski definition) is 7. The van der Waals surface area contributed by atoms with E-state index in [1.165, 1.54) is 23.5 Å². The van der Waals surface area contributed by atoms with Crippen molar-refractivity contribution in [2.75, 3.05) is 20.3 Å². The molecule has 0 unspecified atom stereocenters. The average molecular weight is 443 g/mol. The van der Waals surface area contributed by atoms with Crippen LogP contribution in [0.3, 0.4) is 0 Å². The van der Waals surface area contributed by atoms with Crippen LogP contribution < -0.4 is 4.74 Å². The number of halogens is 2. The largest absolute Gasteiger partial charge is 0.475 e. The Balaban J connectivity index is 1.73. The van der Waals surface area contributed by atoms with Crippen molar-refractivity contribution in [2.45, 2.75) is 13.5 Å². The van der Waals surface area contributed by atoms with Gasteiger partial charge >= 0.3 is 0 Å². The summed E-state index contributed by atoms with van der Waals surface area (Å²) >= 11 is 1.43. The van der Waals surface area contributed by atoms with E-state index in [1.54, 1.807) is 30.1 Å². The second kappa shape index (κ2) is 9.27. The molecule has 0 fully saturated rings. The third-order valence-corrected chi connectivity index (χ3v) is 5.22. The van der Waals surface area contributed by atoms with Crippen molar-refractivity contribution >= 4 is 11.3 Å². The van der Waals surface area contributed by atoms with Gasteiger partial charge in [-0.05, 0) is 30.7 Å². The van der Waals surface area contributed by atoms with Crippen LogP contribution in [-0.4, -0.2) is 45.1 Å². The molecule has 3 heterocycles. The number of benzene rings is 1. The fraction of sp³-hybridized carbons (Fsp3) is 0.238. The summed E-state index contributed by atoms with van der Waals surface area (Å²) in [6.07, 6.45) is 1.60. The summed E-state index contributed by atoms with van der Waals surface area (Å²) in [7, 11) is 1.59. The molecule has 0 aliphatic rings. The Morgan fingerprint density at radius 3 is 2.58 bits per heavy atom. The monoisotopic (exact) mass is 443 g/mol. The Labute approximate surface area is 181 Å².